The normalized spacial score (nSPS) is 14.8. The number of sulfonamides is 1. The van der Waals surface area contributed by atoms with Crippen LogP contribution >= 0.6 is 0 Å². The number of anilines is 1. The number of piperidine rings is 1. The first-order valence-corrected chi connectivity index (χ1v) is 11.9. The lowest BCUT2D eigenvalue weighted by atomic mass is 10.1. The van der Waals surface area contributed by atoms with E-state index >= 15 is 0 Å². The van der Waals surface area contributed by atoms with E-state index in [9.17, 15) is 13.2 Å². The van der Waals surface area contributed by atoms with Crippen LogP contribution in [0.1, 0.15) is 36.5 Å². The number of carbonyl (C=O) groups is 1. The number of amides is 1. The third-order valence-electron chi connectivity index (χ3n) is 5.18. The van der Waals surface area contributed by atoms with Crippen molar-refractivity contribution in [3.63, 3.8) is 0 Å². The Bertz CT molecular complexity index is 1190. The van der Waals surface area contributed by atoms with Crippen molar-refractivity contribution in [3.05, 3.63) is 54.4 Å². The number of tetrazole rings is 1. The van der Waals surface area contributed by atoms with Gasteiger partial charge in [-0.2, -0.15) is 8.99 Å². The van der Waals surface area contributed by atoms with Crippen molar-refractivity contribution in [1.82, 2.24) is 24.5 Å². The molecule has 1 fully saturated rings. The van der Waals surface area contributed by atoms with Crippen LogP contribution in [-0.2, 0) is 10.0 Å². The van der Waals surface area contributed by atoms with Gasteiger partial charge in [-0.3, -0.25) is 4.79 Å². The van der Waals surface area contributed by atoms with E-state index in [0.29, 0.717) is 36.6 Å². The highest BCUT2D eigenvalue weighted by atomic mass is 32.2. The maximum atomic E-state index is 13.3. The largest absolute Gasteiger partial charge is 0.492 e. The Morgan fingerprint density at radius 1 is 1.12 bits per heavy atom. The first kappa shape index (κ1) is 21.9. The molecule has 0 radical (unpaired) electrons. The second-order valence-electron chi connectivity index (χ2n) is 7.28. The van der Waals surface area contributed by atoms with Crippen molar-refractivity contribution < 1.29 is 17.9 Å². The fraction of sp³-hybridized carbons (Fsp3) is 0.333. The standard InChI is InChI=1S/C21H24N6O4S/c1-2-31-19-11-10-16(14-20(19)32(29,30)26-12-6-3-7-13-26)23-21(28)17-8-4-5-9-18(17)27-15-22-24-25-27/h4-5,8-11,14-15H,2-3,6-7,12-13H2,1H3,(H,23,28). The number of nitrogens with one attached hydrogen (secondary N) is 1. The lowest BCUT2D eigenvalue weighted by Gasteiger charge is -2.27. The first-order valence-electron chi connectivity index (χ1n) is 10.4. The quantitative estimate of drug-likeness (QED) is 0.580. The second kappa shape index (κ2) is 9.45. The molecule has 0 spiro atoms. The van der Waals surface area contributed by atoms with Crippen LogP contribution < -0.4 is 10.1 Å². The Morgan fingerprint density at radius 3 is 2.62 bits per heavy atom. The Morgan fingerprint density at radius 2 is 1.91 bits per heavy atom. The highest BCUT2D eigenvalue weighted by Crippen LogP contribution is 2.31. The molecule has 0 bridgehead atoms. The number of para-hydroxylation sites is 1. The summed E-state index contributed by atoms with van der Waals surface area (Å²) in [5.74, 6) is -0.147. The predicted octanol–water partition coefficient (Wildman–Crippen LogP) is 2.49. The Kier molecular flexibility index (Phi) is 6.47. The summed E-state index contributed by atoms with van der Waals surface area (Å²) in [5.41, 5.74) is 1.19. The molecule has 1 saturated heterocycles. The molecule has 10 nitrogen and oxygen atoms in total. The van der Waals surface area contributed by atoms with E-state index in [-0.39, 0.29) is 10.6 Å². The molecule has 1 aliphatic heterocycles. The molecule has 1 amide bonds. The number of rotatable bonds is 7. The Hall–Kier alpha value is -3.31. The monoisotopic (exact) mass is 456 g/mol. The summed E-state index contributed by atoms with van der Waals surface area (Å²) in [7, 11) is -3.76. The number of nitrogens with zero attached hydrogens (tertiary/aromatic N) is 5. The molecule has 0 saturated carbocycles. The van der Waals surface area contributed by atoms with Crippen LogP contribution in [0.4, 0.5) is 5.69 Å². The summed E-state index contributed by atoms with van der Waals surface area (Å²) < 4.78 is 35.1. The minimum atomic E-state index is -3.76. The highest BCUT2D eigenvalue weighted by Gasteiger charge is 2.29. The zero-order valence-electron chi connectivity index (χ0n) is 17.6. The predicted molar refractivity (Wildman–Crippen MR) is 117 cm³/mol. The molecule has 0 atom stereocenters. The number of hydrogen-bond donors (Lipinski definition) is 1. The Labute approximate surface area is 186 Å². The number of ether oxygens (including phenoxy) is 1. The summed E-state index contributed by atoms with van der Waals surface area (Å²) in [5, 5.41) is 13.8. The van der Waals surface area contributed by atoms with Gasteiger partial charge in [0.05, 0.1) is 17.9 Å². The molecule has 0 unspecified atom stereocenters. The number of hydrogen-bond acceptors (Lipinski definition) is 7. The lowest BCUT2D eigenvalue weighted by molar-refractivity contribution is 0.102. The van der Waals surface area contributed by atoms with Gasteiger partial charge >= 0.3 is 0 Å². The second-order valence-corrected chi connectivity index (χ2v) is 9.19. The summed E-state index contributed by atoms with van der Waals surface area (Å²) in [6.45, 7) is 3.07. The molecule has 168 valence electrons. The van der Waals surface area contributed by atoms with Crippen molar-refractivity contribution in [1.29, 1.82) is 0 Å². The fourth-order valence-corrected chi connectivity index (χ4v) is 5.32. The number of benzene rings is 2. The van der Waals surface area contributed by atoms with E-state index in [1.165, 1.54) is 21.4 Å². The van der Waals surface area contributed by atoms with Crippen LogP contribution in [0.15, 0.2) is 53.7 Å². The van der Waals surface area contributed by atoms with Gasteiger partial charge in [-0.15, -0.1) is 5.10 Å². The van der Waals surface area contributed by atoms with Gasteiger partial charge in [-0.25, -0.2) is 8.42 Å². The zero-order chi connectivity index (χ0) is 22.6. The zero-order valence-corrected chi connectivity index (χ0v) is 18.5. The molecule has 4 rings (SSSR count). The first-order chi connectivity index (χ1) is 15.5. The van der Waals surface area contributed by atoms with Gasteiger partial charge in [-0.05, 0) is 60.5 Å². The van der Waals surface area contributed by atoms with E-state index in [4.69, 9.17) is 4.74 Å². The number of aromatic nitrogens is 4. The summed E-state index contributed by atoms with van der Waals surface area (Å²) in [6, 6.07) is 11.5. The average molecular weight is 457 g/mol. The van der Waals surface area contributed by atoms with Crippen LogP contribution in [0.5, 0.6) is 5.75 Å². The molecule has 1 aliphatic rings. The van der Waals surface area contributed by atoms with Crippen molar-refractivity contribution in [2.45, 2.75) is 31.1 Å². The molecule has 0 aliphatic carbocycles. The van der Waals surface area contributed by atoms with Gasteiger partial charge in [-0.1, -0.05) is 18.6 Å². The summed E-state index contributed by atoms with van der Waals surface area (Å²) in [4.78, 5) is 13.1. The molecule has 3 aromatic rings. The van der Waals surface area contributed by atoms with Crippen LogP contribution in [0.2, 0.25) is 0 Å². The SMILES string of the molecule is CCOc1ccc(NC(=O)c2ccccc2-n2cnnn2)cc1S(=O)(=O)N1CCCCC1. The van der Waals surface area contributed by atoms with Gasteiger partial charge in [0.1, 0.15) is 17.0 Å². The van der Waals surface area contributed by atoms with Gasteiger partial charge < -0.3 is 10.1 Å². The van der Waals surface area contributed by atoms with Gasteiger partial charge in [0.15, 0.2) is 0 Å². The van der Waals surface area contributed by atoms with E-state index in [2.05, 4.69) is 20.8 Å². The van der Waals surface area contributed by atoms with E-state index in [1.807, 2.05) is 0 Å². The van der Waals surface area contributed by atoms with Crippen molar-refractivity contribution in [2.75, 3.05) is 25.0 Å². The van der Waals surface area contributed by atoms with Crippen LogP contribution in [0.25, 0.3) is 5.69 Å². The minimum absolute atomic E-state index is 0.0489. The summed E-state index contributed by atoms with van der Waals surface area (Å²) in [6.07, 6.45) is 4.06. The third kappa shape index (κ3) is 4.48. The van der Waals surface area contributed by atoms with Crippen LogP contribution in [-0.4, -0.2) is 58.5 Å². The molecule has 1 N–H and O–H groups in total. The maximum Gasteiger partial charge on any atom is 0.257 e. The van der Waals surface area contributed by atoms with E-state index in [0.717, 1.165) is 19.3 Å². The topological polar surface area (TPSA) is 119 Å². The minimum Gasteiger partial charge on any atom is -0.492 e. The molecular weight excluding hydrogens is 432 g/mol. The van der Waals surface area contributed by atoms with Crippen LogP contribution in [0, 0.1) is 0 Å². The fourth-order valence-electron chi connectivity index (χ4n) is 3.64. The van der Waals surface area contributed by atoms with Gasteiger partial charge in [0.25, 0.3) is 5.91 Å². The van der Waals surface area contributed by atoms with Gasteiger partial charge in [0.2, 0.25) is 10.0 Å². The third-order valence-corrected chi connectivity index (χ3v) is 7.10. The highest BCUT2D eigenvalue weighted by molar-refractivity contribution is 7.89. The van der Waals surface area contributed by atoms with E-state index < -0.39 is 15.9 Å². The molecular formula is C21H24N6O4S. The maximum absolute atomic E-state index is 13.3. The van der Waals surface area contributed by atoms with Crippen molar-refractivity contribution in [3.8, 4) is 11.4 Å². The molecule has 11 heteroatoms. The van der Waals surface area contributed by atoms with Crippen molar-refractivity contribution >= 4 is 21.6 Å². The molecule has 2 heterocycles. The number of carbonyl (C=O) groups excluding carboxylic acids is 1. The van der Waals surface area contributed by atoms with E-state index in [1.54, 1.807) is 43.3 Å². The molecule has 32 heavy (non-hydrogen) atoms. The van der Waals surface area contributed by atoms with Gasteiger partial charge in [0, 0.05) is 18.8 Å². The Balaban J connectivity index is 1.66. The smallest absolute Gasteiger partial charge is 0.257 e. The van der Waals surface area contributed by atoms with Crippen molar-refractivity contribution in [2.24, 2.45) is 0 Å². The molecule has 2 aromatic carbocycles. The molecule has 1 aromatic heterocycles. The average Bonchev–Trinajstić information content (AvgIpc) is 3.35. The lowest BCUT2D eigenvalue weighted by Crippen LogP contribution is -2.35. The van der Waals surface area contributed by atoms with Crippen LogP contribution in [0.3, 0.4) is 0 Å². The summed E-state index contributed by atoms with van der Waals surface area (Å²) >= 11 is 0.